The molecule has 0 heterocycles. The maximum atomic E-state index is 9.21. The minimum Gasteiger partial charge on any atom is -0.507 e. The van der Waals surface area contributed by atoms with Gasteiger partial charge >= 0.3 is 0 Å². The average Bonchev–Trinajstić information content (AvgIpc) is 3.40. The van der Waals surface area contributed by atoms with Crippen molar-refractivity contribution in [1.82, 2.24) is 0 Å². The van der Waals surface area contributed by atoms with E-state index < -0.39 is 0 Å². The minimum atomic E-state index is 0.414. The maximum Gasteiger partial charge on any atom is 0.121 e. The number of hydrogen-bond donors (Lipinski definition) is 1. The second-order valence-corrected chi connectivity index (χ2v) is 7.72. The fraction of sp³-hybridized carbons (Fsp3) is 0.333. The first-order valence-corrected chi connectivity index (χ1v) is 10.2. The van der Waals surface area contributed by atoms with Gasteiger partial charge < -0.3 is 5.11 Å². The summed E-state index contributed by atoms with van der Waals surface area (Å²) in [5, 5.41) is 9.21. The number of phenolic OH excluding ortho intramolecular Hbond substituents is 1. The van der Waals surface area contributed by atoms with Gasteiger partial charge in [-0.2, -0.15) is 0 Å². The Bertz CT molecular complexity index is 815. The maximum absolute atomic E-state index is 9.21. The van der Waals surface area contributed by atoms with Crippen LogP contribution in [0.3, 0.4) is 0 Å². The average molecular weight is 375 g/mol. The molecule has 2 aliphatic carbocycles. The molecule has 0 saturated carbocycles. The van der Waals surface area contributed by atoms with Gasteiger partial charge in [-0.05, 0) is 87.3 Å². The highest BCUT2D eigenvalue weighted by Gasteiger charge is 2.13. The fourth-order valence-corrected chi connectivity index (χ4v) is 3.39. The van der Waals surface area contributed by atoms with Gasteiger partial charge in [0, 0.05) is 5.92 Å². The van der Waals surface area contributed by atoms with Gasteiger partial charge in [0.05, 0.1) is 0 Å². The van der Waals surface area contributed by atoms with Crippen molar-refractivity contribution >= 4 is 0 Å². The summed E-state index contributed by atoms with van der Waals surface area (Å²) < 4.78 is 0. The predicted molar refractivity (Wildman–Crippen MR) is 122 cm³/mol. The van der Waals surface area contributed by atoms with Crippen molar-refractivity contribution in [1.29, 1.82) is 0 Å². The van der Waals surface area contributed by atoms with Gasteiger partial charge in [-0.1, -0.05) is 66.8 Å². The van der Waals surface area contributed by atoms with E-state index in [-0.39, 0.29) is 0 Å². The SMILES string of the molecule is C1=CCC=C1.Cc1cc(C2C=CCC2)cc(C)c1C.Cc1cccc(C)c1O. The molecule has 1 nitrogen and oxygen atoms in total. The van der Waals surface area contributed by atoms with Gasteiger partial charge in [-0.15, -0.1) is 0 Å². The highest BCUT2D eigenvalue weighted by molar-refractivity contribution is 5.40. The smallest absolute Gasteiger partial charge is 0.121 e. The van der Waals surface area contributed by atoms with Gasteiger partial charge in [0.15, 0.2) is 0 Å². The summed E-state index contributed by atoms with van der Waals surface area (Å²) in [7, 11) is 0. The lowest BCUT2D eigenvalue weighted by molar-refractivity contribution is 0.467. The summed E-state index contributed by atoms with van der Waals surface area (Å²) >= 11 is 0. The topological polar surface area (TPSA) is 20.2 Å². The van der Waals surface area contributed by atoms with Gasteiger partial charge in [0.1, 0.15) is 5.75 Å². The normalized spacial score (nSPS) is 16.4. The van der Waals surface area contributed by atoms with E-state index in [1.54, 1.807) is 0 Å². The molecule has 28 heavy (non-hydrogen) atoms. The van der Waals surface area contributed by atoms with Gasteiger partial charge in [0.25, 0.3) is 0 Å². The lowest BCUT2D eigenvalue weighted by atomic mass is 9.92. The van der Waals surface area contributed by atoms with Crippen molar-refractivity contribution < 1.29 is 5.11 Å². The van der Waals surface area contributed by atoms with Crippen LogP contribution in [0.4, 0.5) is 0 Å². The first-order chi connectivity index (χ1) is 13.4. The molecule has 2 aliphatic rings. The molecule has 148 valence electrons. The van der Waals surface area contributed by atoms with Crippen molar-refractivity contribution in [2.45, 2.75) is 59.8 Å². The molecule has 0 bridgehead atoms. The van der Waals surface area contributed by atoms with Gasteiger partial charge in [-0.25, -0.2) is 0 Å². The number of phenols is 1. The highest BCUT2D eigenvalue weighted by atomic mass is 16.3. The predicted octanol–water partition coefficient (Wildman–Crippen LogP) is 7.56. The second kappa shape index (κ2) is 10.7. The van der Waals surface area contributed by atoms with Gasteiger partial charge in [-0.3, -0.25) is 0 Å². The minimum absolute atomic E-state index is 0.414. The van der Waals surface area contributed by atoms with Crippen LogP contribution in [0, 0.1) is 34.6 Å². The van der Waals surface area contributed by atoms with Crippen molar-refractivity contribution in [2.24, 2.45) is 0 Å². The van der Waals surface area contributed by atoms with Crippen LogP contribution in [0.5, 0.6) is 5.75 Å². The number of allylic oxidation sites excluding steroid dienone is 6. The molecule has 1 atom stereocenters. The molecule has 0 aromatic heterocycles. The van der Waals surface area contributed by atoms with Crippen molar-refractivity contribution in [3.63, 3.8) is 0 Å². The molecule has 2 aromatic carbocycles. The van der Waals surface area contributed by atoms with E-state index in [1.165, 1.54) is 35.1 Å². The number of rotatable bonds is 1. The number of benzene rings is 2. The molecule has 2 aromatic rings. The van der Waals surface area contributed by atoms with Crippen LogP contribution in [0.15, 0.2) is 66.8 Å². The molecule has 1 N–H and O–H groups in total. The monoisotopic (exact) mass is 374 g/mol. The Hall–Kier alpha value is -2.54. The third-order valence-corrected chi connectivity index (χ3v) is 5.49. The van der Waals surface area contributed by atoms with Crippen LogP contribution in [0.1, 0.15) is 58.6 Å². The fourth-order valence-electron chi connectivity index (χ4n) is 3.39. The molecule has 0 aliphatic heterocycles. The number of aryl methyl sites for hydroxylation is 4. The molecule has 0 radical (unpaired) electrons. The molecule has 4 rings (SSSR count). The first-order valence-electron chi connectivity index (χ1n) is 10.2. The molecule has 0 spiro atoms. The van der Waals surface area contributed by atoms with Crippen LogP contribution < -0.4 is 0 Å². The number of hydrogen-bond acceptors (Lipinski definition) is 1. The molecule has 0 saturated heterocycles. The summed E-state index contributed by atoms with van der Waals surface area (Å²) in [4.78, 5) is 0. The van der Waals surface area contributed by atoms with Gasteiger partial charge in [0.2, 0.25) is 0 Å². The number of aromatic hydroxyl groups is 1. The summed E-state index contributed by atoms with van der Waals surface area (Å²) in [5.74, 6) is 1.09. The molecular formula is C27H34O. The third-order valence-electron chi connectivity index (χ3n) is 5.49. The summed E-state index contributed by atoms with van der Waals surface area (Å²) in [6.45, 7) is 10.4. The zero-order valence-corrected chi connectivity index (χ0v) is 18.0. The molecule has 1 heteroatoms. The third kappa shape index (κ3) is 6.27. The Kier molecular flexibility index (Phi) is 8.32. The van der Waals surface area contributed by atoms with Crippen LogP contribution in [-0.4, -0.2) is 5.11 Å². The van der Waals surface area contributed by atoms with E-state index in [0.717, 1.165) is 17.5 Å². The summed E-state index contributed by atoms with van der Waals surface area (Å²) in [6, 6.07) is 10.4. The summed E-state index contributed by atoms with van der Waals surface area (Å²) in [6.07, 6.45) is 16.7. The van der Waals surface area contributed by atoms with Crippen LogP contribution in [0.25, 0.3) is 0 Å². The van der Waals surface area contributed by atoms with Crippen molar-refractivity contribution in [3.05, 3.63) is 100 Å². The van der Waals surface area contributed by atoms with Crippen molar-refractivity contribution in [3.8, 4) is 5.75 Å². The largest absolute Gasteiger partial charge is 0.507 e. The quantitative estimate of drug-likeness (QED) is 0.511. The Morgan fingerprint density at radius 1 is 0.786 bits per heavy atom. The lowest BCUT2D eigenvalue weighted by Crippen LogP contribution is -1.95. The van der Waals surface area contributed by atoms with E-state index in [1.807, 2.05) is 32.0 Å². The van der Waals surface area contributed by atoms with E-state index in [4.69, 9.17) is 0 Å². The Balaban J connectivity index is 0.000000170. The van der Waals surface area contributed by atoms with Crippen LogP contribution in [0.2, 0.25) is 0 Å². The van der Waals surface area contributed by atoms with E-state index in [0.29, 0.717) is 11.7 Å². The zero-order valence-electron chi connectivity index (χ0n) is 18.0. The Morgan fingerprint density at radius 3 is 1.75 bits per heavy atom. The summed E-state index contributed by atoms with van der Waals surface area (Å²) in [5.41, 5.74) is 7.68. The van der Waals surface area contributed by atoms with E-state index in [9.17, 15) is 5.11 Å². The molecule has 1 unspecified atom stereocenters. The molecular weight excluding hydrogens is 340 g/mol. The zero-order chi connectivity index (χ0) is 20.5. The molecule has 0 fully saturated rings. The lowest BCUT2D eigenvalue weighted by Gasteiger charge is -2.13. The Labute approximate surface area is 171 Å². The Morgan fingerprint density at radius 2 is 1.36 bits per heavy atom. The van der Waals surface area contributed by atoms with Crippen LogP contribution in [-0.2, 0) is 0 Å². The van der Waals surface area contributed by atoms with Crippen molar-refractivity contribution in [2.75, 3.05) is 0 Å². The standard InChI is InChI=1S/C14H18.C8H10O.C5H6/c1-10-8-14(9-11(2)12(10)3)13-6-4-5-7-13;1-6-4-3-5-7(2)8(6)9;1-2-4-5-3-1/h4,6,8-9,13H,5,7H2,1-3H3;3-5,9H,1-2H3;1-4H,5H2. The number of para-hydroxylation sites is 1. The van der Waals surface area contributed by atoms with E-state index in [2.05, 4.69) is 69.4 Å². The van der Waals surface area contributed by atoms with E-state index >= 15 is 0 Å². The first kappa shape index (κ1) is 21.8. The van der Waals surface area contributed by atoms with Crippen LogP contribution >= 0.6 is 0 Å². The highest BCUT2D eigenvalue weighted by Crippen LogP contribution is 2.30. The molecule has 0 amide bonds. The second-order valence-electron chi connectivity index (χ2n) is 7.72.